The molecule has 1 aliphatic rings. The van der Waals surface area contributed by atoms with Crippen molar-refractivity contribution in [3.05, 3.63) is 29.8 Å². The molecule has 1 saturated heterocycles. The van der Waals surface area contributed by atoms with Gasteiger partial charge in [0.05, 0.1) is 11.6 Å². The van der Waals surface area contributed by atoms with E-state index in [0.29, 0.717) is 57.0 Å². The van der Waals surface area contributed by atoms with Crippen molar-refractivity contribution in [3.63, 3.8) is 0 Å². The zero-order valence-electron chi connectivity index (χ0n) is 16.6. The molecule has 7 nitrogen and oxygen atoms in total. The first-order chi connectivity index (χ1) is 13.5. The molecule has 1 heterocycles. The number of hydrogen-bond donors (Lipinski definition) is 1. The lowest BCUT2D eigenvalue weighted by Gasteiger charge is -2.33. The Kier molecular flexibility index (Phi) is 8.76. The number of rotatable bonds is 9. The Morgan fingerprint density at radius 1 is 1.36 bits per heavy atom. The molecule has 1 aliphatic heterocycles. The molecule has 1 aromatic rings. The summed E-state index contributed by atoms with van der Waals surface area (Å²) >= 11 is 0. The Balaban J connectivity index is 1.74. The SMILES string of the molecule is CCOCCCNC(=O)C1CCN(C(=O)C(C)Oc2cccc(C#N)c2)CC1. The number of carbonyl (C=O) groups is 2. The van der Waals surface area contributed by atoms with Gasteiger partial charge in [-0.3, -0.25) is 9.59 Å². The highest BCUT2D eigenvalue weighted by Gasteiger charge is 2.29. The number of benzene rings is 1. The van der Waals surface area contributed by atoms with Crippen LogP contribution in [0.5, 0.6) is 5.75 Å². The van der Waals surface area contributed by atoms with Gasteiger partial charge >= 0.3 is 0 Å². The van der Waals surface area contributed by atoms with Gasteiger partial charge in [-0.25, -0.2) is 0 Å². The van der Waals surface area contributed by atoms with Gasteiger partial charge in [0.25, 0.3) is 5.91 Å². The Morgan fingerprint density at radius 3 is 2.79 bits per heavy atom. The summed E-state index contributed by atoms with van der Waals surface area (Å²) in [5, 5.41) is 11.9. The molecule has 1 unspecified atom stereocenters. The average molecular weight is 387 g/mol. The second-order valence-electron chi connectivity index (χ2n) is 6.84. The molecule has 1 fully saturated rings. The second kappa shape index (κ2) is 11.3. The van der Waals surface area contributed by atoms with Crippen molar-refractivity contribution in [2.24, 2.45) is 5.92 Å². The zero-order chi connectivity index (χ0) is 20.4. The molecule has 0 spiro atoms. The Hall–Kier alpha value is -2.59. The van der Waals surface area contributed by atoms with E-state index < -0.39 is 6.10 Å². The Bertz CT molecular complexity index is 693. The van der Waals surface area contributed by atoms with Crippen molar-refractivity contribution < 1.29 is 19.1 Å². The van der Waals surface area contributed by atoms with E-state index in [2.05, 4.69) is 11.4 Å². The molecule has 0 aliphatic carbocycles. The van der Waals surface area contributed by atoms with Gasteiger partial charge in [-0.15, -0.1) is 0 Å². The summed E-state index contributed by atoms with van der Waals surface area (Å²) in [5.41, 5.74) is 0.491. The lowest BCUT2D eigenvalue weighted by Crippen LogP contribution is -2.47. The van der Waals surface area contributed by atoms with Gasteiger partial charge in [-0.1, -0.05) is 6.07 Å². The maximum Gasteiger partial charge on any atom is 0.263 e. The third-order valence-electron chi connectivity index (χ3n) is 4.77. The van der Waals surface area contributed by atoms with E-state index in [9.17, 15) is 9.59 Å². The fraction of sp³-hybridized carbons (Fsp3) is 0.571. The average Bonchev–Trinajstić information content (AvgIpc) is 2.73. The van der Waals surface area contributed by atoms with Crippen LogP contribution in [0.4, 0.5) is 0 Å². The van der Waals surface area contributed by atoms with Crippen LogP contribution in [0.15, 0.2) is 24.3 Å². The molecule has 7 heteroatoms. The van der Waals surface area contributed by atoms with Crippen molar-refractivity contribution >= 4 is 11.8 Å². The molecule has 1 atom stereocenters. The normalized spacial score (nSPS) is 15.5. The topological polar surface area (TPSA) is 91.7 Å². The van der Waals surface area contributed by atoms with Gasteiger partial charge in [-0.05, 0) is 51.3 Å². The van der Waals surface area contributed by atoms with Crippen LogP contribution in [0, 0.1) is 17.2 Å². The maximum absolute atomic E-state index is 12.6. The lowest BCUT2D eigenvalue weighted by molar-refractivity contribution is -0.141. The van der Waals surface area contributed by atoms with Gasteiger partial charge in [-0.2, -0.15) is 5.26 Å². The first kappa shape index (κ1) is 21.7. The van der Waals surface area contributed by atoms with Crippen LogP contribution in [0.1, 0.15) is 38.7 Å². The fourth-order valence-corrected chi connectivity index (χ4v) is 3.19. The summed E-state index contributed by atoms with van der Waals surface area (Å²) in [6, 6.07) is 8.81. The quantitative estimate of drug-likeness (QED) is 0.655. The maximum atomic E-state index is 12.6. The van der Waals surface area contributed by atoms with Crippen molar-refractivity contribution in [1.82, 2.24) is 10.2 Å². The van der Waals surface area contributed by atoms with Gasteiger partial charge in [0.2, 0.25) is 5.91 Å². The fourth-order valence-electron chi connectivity index (χ4n) is 3.19. The number of nitrogens with zero attached hydrogens (tertiary/aromatic N) is 2. The van der Waals surface area contributed by atoms with Crippen LogP contribution in [0.3, 0.4) is 0 Å². The van der Waals surface area contributed by atoms with Crippen LogP contribution >= 0.6 is 0 Å². The molecule has 1 aromatic carbocycles. The highest BCUT2D eigenvalue weighted by molar-refractivity contribution is 5.82. The molecule has 0 aromatic heterocycles. The van der Waals surface area contributed by atoms with E-state index in [1.807, 2.05) is 6.92 Å². The lowest BCUT2D eigenvalue weighted by atomic mass is 9.95. The van der Waals surface area contributed by atoms with E-state index in [1.54, 1.807) is 36.1 Å². The monoisotopic (exact) mass is 387 g/mol. The minimum absolute atomic E-state index is 0.0559. The van der Waals surface area contributed by atoms with E-state index >= 15 is 0 Å². The minimum Gasteiger partial charge on any atom is -0.481 e. The molecule has 2 amide bonds. The smallest absolute Gasteiger partial charge is 0.263 e. The third kappa shape index (κ3) is 6.54. The molecular weight excluding hydrogens is 358 g/mol. The van der Waals surface area contributed by atoms with Crippen LogP contribution in [0.25, 0.3) is 0 Å². The highest BCUT2D eigenvalue weighted by atomic mass is 16.5. The highest BCUT2D eigenvalue weighted by Crippen LogP contribution is 2.20. The van der Waals surface area contributed by atoms with Gasteiger partial charge in [0.15, 0.2) is 6.10 Å². The van der Waals surface area contributed by atoms with Crippen molar-refractivity contribution in [3.8, 4) is 11.8 Å². The Labute approximate surface area is 166 Å². The molecule has 0 radical (unpaired) electrons. The largest absolute Gasteiger partial charge is 0.481 e. The van der Waals surface area contributed by atoms with Crippen molar-refractivity contribution in [2.75, 3.05) is 32.8 Å². The predicted molar refractivity (Wildman–Crippen MR) is 105 cm³/mol. The molecule has 28 heavy (non-hydrogen) atoms. The number of ether oxygens (including phenoxy) is 2. The first-order valence-electron chi connectivity index (χ1n) is 9.86. The molecule has 1 N–H and O–H groups in total. The number of piperidine rings is 1. The van der Waals surface area contributed by atoms with Crippen LogP contribution < -0.4 is 10.1 Å². The van der Waals surface area contributed by atoms with Crippen LogP contribution in [-0.4, -0.2) is 55.7 Å². The number of likely N-dealkylation sites (tertiary alicyclic amines) is 1. The van der Waals surface area contributed by atoms with E-state index in [4.69, 9.17) is 14.7 Å². The molecule has 2 rings (SSSR count). The van der Waals surface area contributed by atoms with Crippen LogP contribution in [-0.2, 0) is 14.3 Å². The zero-order valence-corrected chi connectivity index (χ0v) is 16.6. The van der Waals surface area contributed by atoms with Gasteiger partial charge in [0.1, 0.15) is 5.75 Å². The third-order valence-corrected chi connectivity index (χ3v) is 4.77. The standard InChI is InChI=1S/C21H29N3O4/c1-3-27-13-5-10-23-20(25)18-8-11-24(12-9-18)21(26)16(2)28-19-7-4-6-17(14-19)15-22/h4,6-7,14,16,18H,3,5,8-13H2,1-2H3,(H,23,25). The Morgan fingerprint density at radius 2 is 2.11 bits per heavy atom. The van der Waals surface area contributed by atoms with E-state index in [-0.39, 0.29) is 17.7 Å². The van der Waals surface area contributed by atoms with E-state index in [0.717, 1.165) is 6.42 Å². The van der Waals surface area contributed by atoms with E-state index in [1.165, 1.54) is 0 Å². The number of nitrogens with one attached hydrogen (secondary N) is 1. The van der Waals surface area contributed by atoms with Crippen LogP contribution in [0.2, 0.25) is 0 Å². The summed E-state index contributed by atoms with van der Waals surface area (Å²) in [7, 11) is 0. The summed E-state index contributed by atoms with van der Waals surface area (Å²) in [5.74, 6) is 0.403. The number of carbonyl (C=O) groups excluding carboxylic acids is 2. The molecule has 0 saturated carbocycles. The second-order valence-corrected chi connectivity index (χ2v) is 6.84. The number of hydrogen-bond acceptors (Lipinski definition) is 5. The molecule has 0 bridgehead atoms. The van der Waals surface area contributed by atoms with Gasteiger partial charge in [0, 0.05) is 38.8 Å². The summed E-state index contributed by atoms with van der Waals surface area (Å²) in [6.07, 6.45) is 1.47. The summed E-state index contributed by atoms with van der Waals surface area (Å²) < 4.78 is 11.0. The molecular formula is C21H29N3O4. The van der Waals surface area contributed by atoms with Crippen molar-refractivity contribution in [2.45, 2.75) is 39.2 Å². The number of nitriles is 1. The van der Waals surface area contributed by atoms with Gasteiger partial charge < -0.3 is 19.7 Å². The molecule has 152 valence electrons. The predicted octanol–water partition coefficient (Wildman–Crippen LogP) is 2.11. The minimum atomic E-state index is -0.641. The number of amides is 2. The first-order valence-corrected chi connectivity index (χ1v) is 9.86. The van der Waals surface area contributed by atoms with Crippen molar-refractivity contribution in [1.29, 1.82) is 5.26 Å². The summed E-state index contributed by atoms with van der Waals surface area (Å²) in [4.78, 5) is 26.6. The summed E-state index contributed by atoms with van der Waals surface area (Å²) in [6.45, 7) is 6.70.